The lowest BCUT2D eigenvalue weighted by Crippen LogP contribution is -2.38. The molecule has 0 aliphatic carbocycles. The molecule has 1 fully saturated rings. The average Bonchev–Trinajstić information content (AvgIpc) is 3.08. The number of amides is 1. The summed E-state index contributed by atoms with van der Waals surface area (Å²) in [5.74, 6) is -0.330. The van der Waals surface area contributed by atoms with Gasteiger partial charge in [-0.2, -0.15) is 0 Å². The van der Waals surface area contributed by atoms with Crippen molar-refractivity contribution in [1.82, 2.24) is 4.90 Å². The Kier molecular flexibility index (Phi) is 6.02. The molecule has 25 heavy (non-hydrogen) atoms. The van der Waals surface area contributed by atoms with E-state index in [4.69, 9.17) is 9.57 Å². The lowest BCUT2D eigenvalue weighted by atomic mass is 10.0. The van der Waals surface area contributed by atoms with E-state index in [1.165, 1.54) is 18.6 Å². The summed E-state index contributed by atoms with van der Waals surface area (Å²) in [6.45, 7) is 1.48. The van der Waals surface area contributed by atoms with Gasteiger partial charge in [-0.1, -0.05) is 17.3 Å². The van der Waals surface area contributed by atoms with Gasteiger partial charge in [-0.3, -0.25) is 4.79 Å². The van der Waals surface area contributed by atoms with Crippen LogP contribution in [0.15, 0.2) is 29.4 Å². The third-order valence-corrected chi connectivity index (χ3v) is 4.74. The highest BCUT2D eigenvalue weighted by molar-refractivity contribution is 5.93. The molecule has 1 saturated heterocycles. The van der Waals surface area contributed by atoms with Crippen LogP contribution in [0, 0.1) is 5.82 Å². The Morgan fingerprint density at radius 3 is 3.04 bits per heavy atom. The van der Waals surface area contributed by atoms with Crippen LogP contribution in [0.25, 0.3) is 0 Å². The Morgan fingerprint density at radius 1 is 1.40 bits per heavy atom. The predicted molar refractivity (Wildman–Crippen MR) is 92.9 cm³/mol. The molecular weight excluding hydrogens is 323 g/mol. The van der Waals surface area contributed by atoms with Crippen LogP contribution >= 0.6 is 0 Å². The Hall–Kier alpha value is -1.95. The highest BCUT2D eigenvalue weighted by Crippen LogP contribution is 2.19. The Bertz CT molecular complexity index is 629. The highest BCUT2D eigenvalue weighted by atomic mass is 19.1. The first kappa shape index (κ1) is 17.9. The summed E-state index contributed by atoms with van der Waals surface area (Å²) in [6, 6.07) is 6.41. The smallest absolute Gasteiger partial charge is 0.266 e. The third kappa shape index (κ3) is 5.01. The van der Waals surface area contributed by atoms with E-state index in [1.54, 1.807) is 18.0 Å². The van der Waals surface area contributed by atoms with E-state index in [0.29, 0.717) is 19.4 Å². The van der Waals surface area contributed by atoms with Crippen molar-refractivity contribution in [3.8, 4) is 0 Å². The monoisotopic (exact) mass is 348 g/mol. The third-order valence-electron chi connectivity index (χ3n) is 4.74. The predicted octanol–water partition coefficient (Wildman–Crippen LogP) is 2.93. The molecule has 0 radical (unpaired) electrons. The molecule has 0 N–H and O–H groups in total. The van der Waals surface area contributed by atoms with Gasteiger partial charge in [0.1, 0.15) is 5.82 Å². The molecule has 5 nitrogen and oxygen atoms in total. The molecular formula is C19H25FN2O3. The Labute approximate surface area is 147 Å². The Morgan fingerprint density at radius 2 is 2.28 bits per heavy atom. The maximum Gasteiger partial charge on any atom is 0.266 e. The molecule has 0 unspecified atom stereocenters. The number of halogens is 1. The van der Waals surface area contributed by atoms with Crippen LogP contribution in [0.4, 0.5) is 4.39 Å². The first-order valence-corrected chi connectivity index (χ1v) is 8.94. The van der Waals surface area contributed by atoms with Crippen LogP contribution < -0.4 is 0 Å². The van der Waals surface area contributed by atoms with Crippen molar-refractivity contribution in [1.29, 1.82) is 0 Å². The molecule has 2 heterocycles. The van der Waals surface area contributed by atoms with Gasteiger partial charge in [0, 0.05) is 33.0 Å². The minimum absolute atomic E-state index is 0.0613. The van der Waals surface area contributed by atoms with E-state index < -0.39 is 6.10 Å². The fourth-order valence-electron chi connectivity index (χ4n) is 3.27. The number of hydrogen-bond donors (Lipinski definition) is 0. The minimum atomic E-state index is -0.569. The van der Waals surface area contributed by atoms with Crippen LogP contribution in [-0.4, -0.2) is 48.9 Å². The summed E-state index contributed by atoms with van der Waals surface area (Å²) in [7, 11) is 1.79. The molecule has 2 aliphatic rings. The number of likely N-dealkylation sites (N-methyl/N-ethyl adjacent to an activating group) is 1. The van der Waals surface area contributed by atoms with Crippen molar-refractivity contribution in [3.05, 3.63) is 35.6 Å². The largest absolute Gasteiger partial charge is 0.382 e. The summed E-state index contributed by atoms with van der Waals surface area (Å²) in [4.78, 5) is 19.5. The first-order chi connectivity index (χ1) is 12.1. The van der Waals surface area contributed by atoms with Gasteiger partial charge in [0.2, 0.25) is 6.10 Å². The van der Waals surface area contributed by atoms with Gasteiger partial charge in [0.15, 0.2) is 0 Å². The van der Waals surface area contributed by atoms with Crippen molar-refractivity contribution in [2.24, 2.45) is 5.16 Å². The van der Waals surface area contributed by atoms with Gasteiger partial charge >= 0.3 is 0 Å². The first-order valence-electron chi connectivity index (χ1n) is 8.94. The summed E-state index contributed by atoms with van der Waals surface area (Å²) < 4.78 is 19.0. The zero-order chi connectivity index (χ0) is 17.6. The van der Waals surface area contributed by atoms with Crippen molar-refractivity contribution >= 4 is 11.6 Å². The second kappa shape index (κ2) is 8.43. The fraction of sp³-hybridized carbons (Fsp3) is 0.579. The van der Waals surface area contributed by atoms with Gasteiger partial charge in [0.25, 0.3) is 5.91 Å². The number of ether oxygens (including phenoxy) is 1. The van der Waals surface area contributed by atoms with E-state index in [0.717, 1.165) is 37.1 Å². The number of rotatable bonds is 6. The number of carbonyl (C=O) groups is 1. The van der Waals surface area contributed by atoms with Gasteiger partial charge in [-0.15, -0.1) is 0 Å². The lowest BCUT2D eigenvalue weighted by Gasteiger charge is -2.26. The molecule has 2 atom stereocenters. The summed E-state index contributed by atoms with van der Waals surface area (Å²) >= 11 is 0. The number of hydrogen-bond acceptors (Lipinski definition) is 4. The molecule has 1 amide bonds. The Balaban J connectivity index is 1.44. The van der Waals surface area contributed by atoms with Crippen LogP contribution in [0.1, 0.15) is 37.7 Å². The molecule has 0 spiro atoms. The lowest BCUT2D eigenvalue weighted by molar-refractivity contribution is -0.141. The van der Waals surface area contributed by atoms with Gasteiger partial charge in [-0.25, -0.2) is 4.39 Å². The number of oxime groups is 1. The molecule has 0 saturated carbocycles. The average molecular weight is 348 g/mol. The van der Waals surface area contributed by atoms with Crippen LogP contribution in [0.2, 0.25) is 0 Å². The molecule has 136 valence electrons. The maximum absolute atomic E-state index is 13.2. The second-order valence-electron chi connectivity index (χ2n) is 6.80. The molecule has 2 aliphatic heterocycles. The van der Waals surface area contributed by atoms with Gasteiger partial charge < -0.3 is 14.5 Å². The van der Waals surface area contributed by atoms with E-state index in [2.05, 4.69) is 5.16 Å². The summed E-state index contributed by atoms with van der Waals surface area (Å²) in [6.07, 6.45) is 4.90. The zero-order valence-electron chi connectivity index (χ0n) is 14.6. The van der Waals surface area contributed by atoms with E-state index in [9.17, 15) is 9.18 Å². The zero-order valence-corrected chi connectivity index (χ0v) is 14.6. The number of benzene rings is 1. The van der Waals surface area contributed by atoms with E-state index in [-0.39, 0.29) is 17.8 Å². The van der Waals surface area contributed by atoms with Crippen molar-refractivity contribution in [2.45, 2.75) is 50.7 Å². The van der Waals surface area contributed by atoms with Crippen LogP contribution in [-0.2, 0) is 20.8 Å². The van der Waals surface area contributed by atoms with Gasteiger partial charge in [-0.05, 0) is 43.4 Å². The van der Waals surface area contributed by atoms with Crippen molar-refractivity contribution < 1.29 is 18.8 Å². The molecule has 6 heteroatoms. The quantitative estimate of drug-likeness (QED) is 0.794. The molecule has 0 aromatic heterocycles. The minimum Gasteiger partial charge on any atom is -0.382 e. The topological polar surface area (TPSA) is 51.1 Å². The second-order valence-corrected chi connectivity index (χ2v) is 6.80. The molecule has 0 bridgehead atoms. The number of nitrogens with zero attached hydrogens (tertiary/aromatic N) is 2. The standard InChI is InChI=1S/C19H25FN2O3/c1-22(9-8-17-7-2-3-10-24-17)19(23)18-13-16(21-25-18)12-14-5-4-6-15(20)11-14/h4-6,11,17-18H,2-3,7-10,12-13H2,1H3/t17-,18-/m0/s1. The highest BCUT2D eigenvalue weighted by Gasteiger charge is 2.30. The molecule has 1 aromatic carbocycles. The number of carbonyl (C=O) groups excluding carboxylic acids is 1. The molecule has 3 rings (SSSR count). The van der Waals surface area contributed by atoms with Crippen LogP contribution in [0.5, 0.6) is 0 Å². The maximum atomic E-state index is 13.2. The molecule has 1 aromatic rings. The SMILES string of the molecule is CN(CC[C@@H]1CCCCO1)C(=O)[C@@H]1CC(Cc2cccc(F)c2)=NO1. The summed E-state index contributed by atoms with van der Waals surface area (Å²) in [5, 5.41) is 4.02. The van der Waals surface area contributed by atoms with Crippen molar-refractivity contribution in [3.63, 3.8) is 0 Å². The van der Waals surface area contributed by atoms with E-state index >= 15 is 0 Å². The summed E-state index contributed by atoms with van der Waals surface area (Å²) in [5.41, 5.74) is 1.60. The van der Waals surface area contributed by atoms with E-state index in [1.807, 2.05) is 6.07 Å². The van der Waals surface area contributed by atoms with Crippen molar-refractivity contribution in [2.75, 3.05) is 20.2 Å². The van der Waals surface area contributed by atoms with Crippen LogP contribution in [0.3, 0.4) is 0 Å². The fourth-order valence-corrected chi connectivity index (χ4v) is 3.27. The van der Waals surface area contributed by atoms with Gasteiger partial charge in [0.05, 0.1) is 11.8 Å². The normalized spacial score (nSPS) is 23.0.